The van der Waals surface area contributed by atoms with Crippen molar-refractivity contribution < 1.29 is 4.79 Å². The molecule has 2 aliphatic rings. The molecule has 0 aromatic heterocycles. The maximum atomic E-state index is 10.6. The minimum absolute atomic E-state index is 0. The van der Waals surface area contributed by atoms with Gasteiger partial charge in [0.2, 0.25) is 0 Å². The predicted molar refractivity (Wildman–Crippen MR) is 94.2 cm³/mol. The average molecular weight is 287 g/mol. The van der Waals surface area contributed by atoms with Crippen LogP contribution in [0.15, 0.2) is 0 Å². The van der Waals surface area contributed by atoms with Crippen LogP contribution in [0, 0.1) is 17.3 Å². The molecule has 20 heavy (non-hydrogen) atoms. The van der Waals surface area contributed by atoms with Gasteiger partial charge >= 0.3 is 0 Å². The highest BCUT2D eigenvalue weighted by molar-refractivity contribution is 5.78. The topological polar surface area (TPSA) is 17.1 Å². The number of Topliss-reactive ketones (excluding diaryl/α,β-unsaturated/α-hetero) is 1. The quantitative estimate of drug-likeness (QED) is 0.473. The number of carbonyl (C=O) groups is 1. The van der Waals surface area contributed by atoms with Crippen LogP contribution >= 0.6 is 0 Å². The van der Waals surface area contributed by atoms with Crippen LogP contribution in [-0.4, -0.2) is 5.78 Å². The SMILES string of the molecule is C.C.C.CC1CCC(=O)CC1.CC1CCC(C)(C)CC1. The summed E-state index contributed by atoms with van der Waals surface area (Å²) in [6.45, 7) is 9.36. The molecular formula is C19H42O. The Hall–Kier alpha value is -0.330. The standard InChI is InChI=1S/C9H18.C7H12O.3CH4/c1-8-4-6-9(2,3)7-5-8;1-6-2-4-7(8)5-3-6;;;/h8H,4-7H2,1-3H3;6H,2-5H2,1H3;3*1H4. The van der Waals surface area contributed by atoms with Gasteiger partial charge in [-0.25, -0.2) is 0 Å². The van der Waals surface area contributed by atoms with Crippen LogP contribution in [0.5, 0.6) is 0 Å². The van der Waals surface area contributed by atoms with Gasteiger partial charge in [-0.1, -0.05) is 62.8 Å². The van der Waals surface area contributed by atoms with Crippen LogP contribution in [0.1, 0.15) is 101 Å². The first-order chi connectivity index (χ1) is 7.89. The van der Waals surface area contributed by atoms with Gasteiger partial charge in [-0.3, -0.25) is 4.79 Å². The van der Waals surface area contributed by atoms with Crippen LogP contribution in [-0.2, 0) is 4.79 Å². The number of carbonyl (C=O) groups excluding carboxylic acids is 1. The lowest BCUT2D eigenvalue weighted by molar-refractivity contribution is -0.120. The van der Waals surface area contributed by atoms with Crippen molar-refractivity contribution in [3.8, 4) is 0 Å². The predicted octanol–water partition coefficient (Wildman–Crippen LogP) is 6.90. The summed E-state index contributed by atoms with van der Waals surface area (Å²) in [5.41, 5.74) is 0.659. The minimum Gasteiger partial charge on any atom is -0.300 e. The summed E-state index contributed by atoms with van der Waals surface area (Å²) in [4.78, 5) is 10.6. The van der Waals surface area contributed by atoms with Crippen LogP contribution < -0.4 is 0 Å². The number of ketones is 1. The normalized spacial score (nSPS) is 22.3. The number of rotatable bonds is 0. The Kier molecular flexibility index (Phi) is 14.0. The van der Waals surface area contributed by atoms with E-state index in [2.05, 4.69) is 27.7 Å². The molecule has 0 radical (unpaired) electrons. The molecule has 0 bridgehead atoms. The molecule has 0 spiro atoms. The fraction of sp³-hybridized carbons (Fsp3) is 0.947. The van der Waals surface area contributed by atoms with E-state index < -0.39 is 0 Å². The van der Waals surface area contributed by atoms with Crippen LogP contribution in [0.3, 0.4) is 0 Å². The molecule has 0 saturated heterocycles. The summed E-state index contributed by atoms with van der Waals surface area (Å²) in [6, 6.07) is 0. The van der Waals surface area contributed by atoms with E-state index in [-0.39, 0.29) is 22.3 Å². The maximum Gasteiger partial charge on any atom is 0.132 e. The highest BCUT2D eigenvalue weighted by Gasteiger charge is 2.23. The summed E-state index contributed by atoms with van der Waals surface area (Å²) < 4.78 is 0. The van der Waals surface area contributed by atoms with Crippen molar-refractivity contribution >= 4 is 5.78 Å². The van der Waals surface area contributed by atoms with Gasteiger partial charge in [0.25, 0.3) is 0 Å². The van der Waals surface area contributed by atoms with E-state index in [4.69, 9.17) is 0 Å². The fourth-order valence-corrected chi connectivity index (χ4v) is 2.63. The molecule has 1 heteroatoms. The Balaban J connectivity index is -0.000000252. The van der Waals surface area contributed by atoms with Gasteiger partial charge < -0.3 is 0 Å². The Labute approximate surface area is 129 Å². The molecule has 2 saturated carbocycles. The van der Waals surface area contributed by atoms with Crippen LogP contribution in [0.25, 0.3) is 0 Å². The van der Waals surface area contributed by atoms with E-state index in [0.29, 0.717) is 11.2 Å². The zero-order valence-corrected chi connectivity index (χ0v) is 12.2. The first-order valence-corrected chi connectivity index (χ1v) is 7.41. The van der Waals surface area contributed by atoms with Crippen LogP contribution in [0.4, 0.5) is 0 Å². The molecule has 0 aromatic rings. The average Bonchev–Trinajstić information content (AvgIpc) is 2.28. The molecule has 0 aliphatic heterocycles. The number of hydrogen-bond donors (Lipinski definition) is 0. The van der Waals surface area contributed by atoms with Gasteiger partial charge in [-0.05, 0) is 42.9 Å². The molecule has 0 N–H and O–H groups in total. The maximum absolute atomic E-state index is 10.6. The second-order valence-electron chi connectivity index (χ2n) is 7.07. The van der Waals surface area contributed by atoms with E-state index in [0.717, 1.165) is 37.5 Å². The molecule has 0 aromatic carbocycles. The van der Waals surface area contributed by atoms with E-state index in [1.54, 1.807) is 0 Å². The van der Waals surface area contributed by atoms with E-state index in [1.807, 2.05) is 0 Å². The molecule has 0 atom stereocenters. The Morgan fingerprint density at radius 1 is 0.800 bits per heavy atom. The zero-order valence-electron chi connectivity index (χ0n) is 12.2. The molecule has 124 valence electrons. The molecular weight excluding hydrogens is 244 g/mol. The fourth-order valence-electron chi connectivity index (χ4n) is 2.63. The van der Waals surface area contributed by atoms with Gasteiger partial charge in [0.15, 0.2) is 0 Å². The van der Waals surface area contributed by atoms with Gasteiger partial charge in [-0.15, -0.1) is 0 Å². The Morgan fingerprint density at radius 3 is 1.45 bits per heavy atom. The summed E-state index contributed by atoms with van der Waals surface area (Å²) in [5, 5.41) is 0. The lowest BCUT2D eigenvalue weighted by Crippen LogP contribution is -2.19. The molecule has 2 rings (SSSR count). The zero-order chi connectivity index (χ0) is 12.9. The van der Waals surface area contributed by atoms with E-state index in [9.17, 15) is 4.79 Å². The van der Waals surface area contributed by atoms with E-state index >= 15 is 0 Å². The minimum atomic E-state index is 0. The third kappa shape index (κ3) is 10.5. The lowest BCUT2D eigenvalue weighted by Gasteiger charge is -2.32. The second-order valence-corrected chi connectivity index (χ2v) is 7.07. The molecule has 1 nitrogen and oxygen atoms in total. The highest BCUT2D eigenvalue weighted by atomic mass is 16.1. The van der Waals surface area contributed by atoms with E-state index in [1.165, 1.54) is 25.7 Å². The lowest BCUT2D eigenvalue weighted by atomic mass is 9.74. The summed E-state index contributed by atoms with van der Waals surface area (Å²) in [5.74, 6) is 2.26. The van der Waals surface area contributed by atoms with Gasteiger partial charge in [0, 0.05) is 12.8 Å². The molecule has 2 aliphatic carbocycles. The van der Waals surface area contributed by atoms with Gasteiger partial charge in [-0.2, -0.15) is 0 Å². The van der Waals surface area contributed by atoms with Crippen molar-refractivity contribution in [2.75, 3.05) is 0 Å². The van der Waals surface area contributed by atoms with Gasteiger partial charge in [0.1, 0.15) is 5.78 Å². The molecule has 0 heterocycles. The number of hydrogen-bond acceptors (Lipinski definition) is 1. The Morgan fingerprint density at radius 2 is 1.15 bits per heavy atom. The summed E-state index contributed by atoms with van der Waals surface area (Å²) in [6.07, 6.45) is 9.70. The third-order valence-corrected chi connectivity index (χ3v) is 4.46. The molecule has 0 amide bonds. The summed E-state index contributed by atoms with van der Waals surface area (Å²) >= 11 is 0. The first kappa shape index (κ1) is 24.7. The second kappa shape index (κ2) is 11.3. The monoisotopic (exact) mass is 286 g/mol. The van der Waals surface area contributed by atoms with Crippen LogP contribution in [0.2, 0.25) is 0 Å². The third-order valence-electron chi connectivity index (χ3n) is 4.46. The highest BCUT2D eigenvalue weighted by Crippen LogP contribution is 2.37. The van der Waals surface area contributed by atoms with Crippen molar-refractivity contribution in [2.24, 2.45) is 17.3 Å². The largest absolute Gasteiger partial charge is 0.300 e. The first-order valence-electron chi connectivity index (χ1n) is 7.41. The molecule has 0 unspecified atom stereocenters. The Bertz CT molecular complexity index is 222. The van der Waals surface area contributed by atoms with Gasteiger partial charge in [0.05, 0.1) is 0 Å². The van der Waals surface area contributed by atoms with Crippen molar-refractivity contribution in [2.45, 2.75) is 101 Å². The van der Waals surface area contributed by atoms with Crippen molar-refractivity contribution in [3.05, 3.63) is 0 Å². The van der Waals surface area contributed by atoms with Crippen molar-refractivity contribution in [1.82, 2.24) is 0 Å². The van der Waals surface area contributed by atoms with Crippen molar-refractivity contribution in [3.63, 3.8) is 0 Å². The molecule has 2 fully saturated rings. The summed E-state index contributed by atoms with van der Waals surface area (Å²) in [7, 11) is 0. The van der Waals surface area contributed by atoms with Crippen molar-refractivity contribution in [1.29, 1.82) is 0 Å². The smallest absolute Gasteiger partial charge is 0.132 e.